The van der Waals surface area contributed by atoms with Crippen molar-refractivity contribution in [1.82, 2.24) is 0 Å². The van der Waals surface area contributed by atoms with E-state index in [9.17, 15) is 9.18 Å². The van der Waals surface area contributed by atoms with Gasteiger partial charge in [-0.15, -0.1) is 0 Å². The minimum Gasteiger partial charge on any atom is -0.481 e. The third-order valence-electron chi connectivity index (χ3n) is 2.90. The molecule has 0 saturated carbocycles. The average Bonchev–Trinajstić information content (AvgIpc) is 2.28. The first-order valence-electron chi connectivity index (χ1n) is 5.48. The lowest BCUT2D eigenvalue weighted by molar-refractivity contribution is -0.137. The van der Waals surface area contributed by atoms with Crippen LogP contribution in [0.15, 0.2) is 36.4 Å². The Labute approximate surface area is 98.7 Å². The first-order chi connectivity index (χ1) is 8.09. The summed E-state index contributed by atoms with van der Waals surface area (Å²) in [6, 6.07) is 10.3. The molecule has 0 aliphatic rings. The quantitative estimate of drug-likeness (QED) is 0.878. The van der Waals surface area contributed by atoms with E-state index in [4.69, 9.17) is 5.11 Å². The second kappa shape index (κ2) is 4.53. The predicted octanol–water partition coefficient (Wildman–Crippen LogP) is 3.56. The summed E-state index contributed by atoms with van der Waals surface area (Å²) >= 11 is 0. The van der Waals surface area contributed by atoms with Gasteiger partial charge in [0.15, 0.2) is 0 Å². The number of aliphatic carboxylic acids is 1. The van der Waals surface area contributed by atoms with Crippen LogP contribution < -0.4 is 0 Å². The summed E-state index contributed by atoms with van der Waals surface area (Å²) in [5.74, 6) is -1.37. The molecule has 2 rings (SSSR count). The van der Waals surface area contributed by atoms with Crippen molar-refractivity contribution in [3.05, 3.63) is 47.8 Å². The van der Waals surface area contributed by atoms with Crippen molar-refractivity contribution in [2.75, 3.05) is 0 Å². The lowest BCUT2D eigenvalue weighted by Gasteiger charge is -2.13. The van der Waals surface area contributed by atoms with E-state index < -0.39 is 5.97 Å². The molecule has 0 spiro atoms. The molecule has 2 aromatic carbocycles. The number of rotatable bonds is 3. The van der Waals surface area contributed by atoms with E-state index in [1.807, 2.05) is 18.2 Å². The van der Waals surface area contributed by atoms with Crippen LogP contribution in [0.1, 0.15) is 24.8 Å². The summed E-state index contributed by atoms with van der Waals surface area (Å²) in [6.45, 7) is 1.80. The van der Waals surface area contributed by atoms with E-state index in [2.05, 4.69) is 0 Å². The van der Waals surface area contributed by atoms with Crippen LogP contribution in [0.25, 0.3) is 10.8 Å². The van der Waals surface area contributed by atoms with E-state index >= 15 is 0 Å². The number of halogens is 1. The van der Waals surface area contributed by atoms with E-state index in [-0.39, 0.29) is 18.2 Å². The Kier molecular flexibility index (Phi) is 3.09. The number of hydrogen-bond donors (Lipinski definition) is 1. The normalized spacial score (nSPS) is 12.6. The summed E-state index contributed by atoms with van der Waals surface area (Å²) in [5, 5.41) is 10.1. The van der Waals surface area contributed by atoms with Gasteiger partial charge in [-0.25, -0.2) is 4.39 Å². The molecule has 17 heavy (non-hydrogen) atoms. The highest BCUT2D eigenvalue weighted by Gasteiger charge is 2.14. The molecule has 1 unspecified atom stereocenters. The summed E-state index contributed by atoms with van der Waals surface area (Å²) in [4.78, 5) is 10.7. The second-order valence-electron chi connectivity index (χ2n) is 4.18. The molecule has 0 aromatic heterocycles. The van der Waals surface area contributed by atoms with E-state index in [0.717, 1.165) is 10.9 Å². The SMILES string of the molecule is CC(CC(=O)O)c1cccc2cccc(F)c12. The summed E-state index contributed by atoms with van der Waals surface area (Å²) in [6.07, 6.45) is 0.00739. The zero-order valence-corrected chi connectivity index (χ0v) is 9.48. The highest BCUT2D eigenvalue weighted by atomic mass is 19.1. The van der Waals surface area contributed by atoms with Crippen molar-refractivity contribution in [1.29, 1.82) is 0 Å². The van der Waals surface area contributed by atoms with Crippen LogP contribution in [0, 0.1) is 5.82 Å². The smallest absolute Gasteiger partial charge is 0.303 e. The van der Waals surface area contributed by atoms with E-state index in [1.165, 1.54) is 6.07 Å². The van der Waals surface area contributed by atoms with Gasteiger partial charge in [0.1, 0.15) is 5.82 Å². The lowest BCUT2D eigenvalue weighted by atomic mass is 9.92. The van der Waals surface area contributed by atoms with Crippen molar-refractivity contribution < 1.29 is 14.3 Å². The number of carboxylic acid groups (broad SMARTS) is 1. The fourth-order valence-corrected chi connectivity index (χ4v) is 2.11. The summed E-state index contributed by atoms with van der Waals surface area (Å²) in [5.41, 5.74) is 0.753. The maximum atomic E-state index is 13.8. The Morgan fingerprint density at radius 3 is 2.59 bits per heavy atom. The van der Waals surface area contributed by atoms with Gasteiger partial charge in [-0.1, -0.05) is 37.3 Å². The fraction of sp³-hybridized carbons (Fsp3) is 0.214. The molecule has 2 nitrogen and oxygen atoms in total. The van der Waals surface area contributed by atoms with Crippen molar-refractivity contribution in [2.45, 2.75) is 19.3 Å². The van der Waals surface area contributed by atoms with Crippen molar-refractivity contribution in [2.24, 2.45) is 0 Å². The molecule has 0 saturated heterocycles. The van der Waals surface area contributed by atoms with Crippen molar-refractivity contribution >= 4 is 16.7 Å². The third kappa shape index (κ3) is 2.28. The summed E-state index contributed by atoms with van der Waals surface area (Å²) < 4.78 is 13.8. The number of carboxylic acids is 1. The Bertz CT molecular complexity index is 558. The number of benzene rings is 2. The number of hydrogen-bond acceptors (Lipinski definition) is 1. The molecule has 3 heteroatoms. The van der Waals surface area contributed by atoms with Crippen LogP contribution in [0.4, 0.5) is 4.39 Å². The van der Waals surface area contributed by atoms with Gasteiger partial charge >= 0.3 is 5.97 Å². The predicted molar refractivity (Wildman–Crippen MR) is 64.6 cm³/mol. The third-order valence-corrected chi connectivity index (χ3v) is 2.90. The van der Waals surface area contributed by atoms with Crippen LogP contribution in [0.3, 0.4) is 0 Å². The number of carbonyl (C=O) groups is 1. The van der Waals surface area contributed by atoms with Crippen molar-refractivity contribution in [3.8, 4) is 0 Å². The van der Waals surface area contributed by atoms with Crippen LogP contribution in [0.2, 0.25) is 0 Å². The maximum Gasteiger partial charge on any atom is 0.303 e. The molecule has 0 aliphatic heterocycles. The molecule has 1 atom stereocenters. The maximum absolute atomic E-state index is 13.8. The average molecular weight is 232 g/mol. The molecule has 0 radical (unpaired) electrons. The molecule has 0 heterocycles. The molecule has 0 aliphatic carbocycles. The van der Waals surface area contributed by atoms with Crippen molar-refractivity contribution in [3.63, 3.8) is 0 Å². The van der Waals surface area contributed by atoms with Gasteiger partial charge in [0.2, 0.25) is 0 Å². The topological polar surface area (TPSA) is 37.3 Å². The van der Waals surface area contributed by atoms with Gasteiger partial charge in [0.05, 0.1) is 6.42 Å². The zero-order chi connectivity index (χ0) is 12.4. The Morgan fingerprint density at radius 2 is 1.94 bits per heavy atom. The zero-order valence-electron chi connectivity index (χ0n) is 9.48. The van der Waals surface area contributed by atoms with E-state index in [0.29, 0.717) is 5.39 Å². The van der Waals surface area contributed by atoms with Gasteiger partial charge in [-0.2, -0.15) is 0 Å². The molecular weight excluding hydrogens is 219 g/mol. The second-order valence-corrected chi connectivity index (χ2v) is 4.18. The Hall–Kier alpha value is -1.90. The molecule has 0 fully saturated rings. The fourth-order valence-electron chi connectivity index (χ4n) is 2.11. The van der Waals surface area contributed by atoms with Gasteiger partial charge in [0.25, 0.3) is 0 Å². The first kappa shape index (κ1) is 11.6. The highest BCUT2D eigenvalue weighted by Crippen LogP contribution is 2.29. The lowest BCUT2D eigenvalue weighted by Crippen LogP contribution is -2.04. The standard InChI is InChI=1S/C14H13FO2/c1-9(8-13(16)17)11-6-2-4-10-5-3-7-12(15)14(10)11/h2-7,9H,8H2,1H3,(H,16,17). The monoisotopic (exact) mass is 232 g/mol. The van der Waals surface area contributed by atoms with E-state index in [1.54, 1.807) is 19.1 Å². The number of fused-ring (bicyclic) bond motifs is 1. The molecule has 2 aromatic rings. The minimum atomic E-state index is -0.870. The highest BCUT2D eigenvalue weighted by molar-refractivity contribution is 5.87. The van der Waals surface area contributed by atoms with Crippen LogP contribution in [-0.2, 0) is 4.79 Å². The van der Waals surface area contributed by atoms with Crippen LogP contribution in [-0.4, -0.2) is 11.1 Å². The molecule has 0 bridgehead atoms. The largest absolute Gasteiger partial charge is 0.481 e. The molecule has 88 valence electrons. The Morgan fingerprint density at radius 1 is 1.29 bits per heavy atom. The summed E-state index contributed by atoms with van der Waals surface area (Å²) in [7, 11) is 0. The molecular formula is C14H13FO2. The van der Waals surface area contributed by atoms with Gasteiger partial charge in [-0.05, 0) is 22.9 Å². The molecule has 1 N–H and O–H groups in total. The van der Waals surface area contributed by atoms with Crippen LogP contribution in [0.5, 0.6) is 0 Å². The van der Waals surface area contributed by atoms with Gasteiger partial charge in [-0.3, -0.25) is 4.79 Å². The molecule has 0 amide bonds. The minimum absolute atomic E-state index is 0.00739. The first-order valence-corrected chi connectivity index (χ1v) is 5.48. The van der Waals surface area contributed by atoms with Crippen LogP contribution >= 0.6 is 0 Å². The Balaban J connectivity index is 2.57. The van der Waals surface area contributed by atoms with Gasteiger partial charge < -0.3 is 5.11 Å². The van der Waals surface area contributed by atoms with Gasteiger partial charge in [0, 0.05) is 5.39 Å².